The van der Waals surface area contributed by atoms with Crippen molar-refractivity contribution in [1.82, 2.24) is 0 Å². The van der Waals surface area contributed by atoms with Crippen LogP contribution in [-0.2, 0) is 6.42 Å². The van der Waals surface area contributed by atoms with Gasteiger partial charge in [-0.05, 0) is 88.4 Å². The molecule has 0 heterocycles. The first-order valence-electron chi connectivity index (χ1n) is 14.6. The molecule has 0 aromatic heterocycles. The second-order valence-electron chi connectivity index (χ2n) is 11.7. The fourth-order valence-corrected chi connectivity index (χ4v) is 10.6. The summed E-state index contributed by atoms with van der Waals surface area (Å²) in [7, 11) is -0.110. The van der Waals surface area contributed by atoms with E-state index in [1.165, 1.54) is 82.6 Å². The Morgan fingerprint density at radius 1 is 0.765 bits per heavy atom. The number of hydrogen-bond donors (Lipinski definition) is 0. The summed E-state index contributed by atoms with van der Waals surface area (Å²) in [6.07, 6.45) is 17.1. The second kappa shape index (κ2) is 12.2. The molecule has 2 aliphatic carbocycles. The maximum absolute atomic E-state index is 2.57. The molecule has 0 atom stereocenters. The van der Waals surface area contributed by atoms with E-state index in [-0.39, 0.29) is 7.92 Å². The predicted molar refractivity (Wildman–Crippen MR) is 154 cm³/mol. The topological polar surface area (TPSA) is 0 Å². The molecule has 2 aliphatic rings. The van der Waals surface area contributed by atoms with Gasteiger partial charge in [0.05, 0.1) is 0 Å². The van der Waals surface area contributed by atoms with Crippen molar-refractivity contribution in [3.05, 3.63) is 53.1 Å². The minimum atomic E-state index is -0.110. The molecular formula is C33H49P. The minimum absolute atomic E-state index is 0.110. The summed E-state index contributed by atoms with van der Waals surface area (Å²) < 4.78 is 0. The Morgan fingerprint density at radius 2 is 1.35 bits per heavy atom. The monoisotopic (exact) mass is 476 g/mol. The van der Waals surface area contributed by atoms with Crippen LogP contribution in [0.1, 0.15) is 134 Å². The molecule has 0 spiro atoms. The van der Waals surface area contributed by atoms with Crippen molar-refractivity contribution in [2.24, 2.45) is 0 Å². The lowest BCUT2D eigenvalue weighted by molar-refractivity contribution is 0.487. The maximum Gasteiger partial charge on any atom is -0.0101 e. The molecule has 0 nitrogen and oxygen atoms in total. The fourth-order valence-electron chi connectivity index (χ4n) is 6.66. The van der Waals surface area contributed by atoms with Crippen LogP contribution >= 0.6 is 7.92 Å². The molecule has 2 aromatic carbocycles. The van der Waals surface area contributed by atoms with Gasteiger partial charge in [0.15, 0.2) is 0 Å². The van der Waals surface area contributed by atoms with Gasteiger partial charge in [0.25, 0.3) is 0 Å². The van der Waals surface area contributed by atoms with E-state index >= 15 is 0 Å². The first-order valence-corrected chi connectivity index (χ1v) is 16.0. The van der Waals surface area contributed by atoms with Crippen LogP contribution in [-0.4, -0.2) is 11.3 Å². The van der Waals surface area contributed by atoms with Crippen LogP contribution in [0.3, 0.4) is 0 Å². The van der Waals surface area contributed by atoms with Crippen LogP contribution in [0.2, 0.25) is 0 Å². The number of aryl methyl sites for hydroxylation is 1. The summed E-state index contributed by atoms with van der Waals surface area (Å²) in [5, 5.41) is 1.76. The highest BCUT2D eigenvalue weighted by Gasteiger charge is 2.34. The van der Waals surface area contributed by atoms with E-state index in [9.17, 15) is 0 Å². The summed E-state index contributed by atoms with van der Waals surface area (Å²) in [4.78, 5) is 0. The SMILES string of the molecule is CCCc1cc(C(C)C)cc(C(C)C)c1-c1ccccc1P(C1CCCCC1)C1CCCCC1. The van der Waals surface area contributed by atoms with Crippen molar-refractivity contribution in [3.8, 4) is 11.1 Å². The Hall–Kier alpha value is -1.13. The average molecular weight is 477 g/mol. The molecule has 0 N–H and O–H groups in total. The van der Waals surface area contributed by atoms with Crippen LogP contribution in [0.5, 0.6) is 0 Å². The zero-order valence-corrected chi connectivity index (χ0v) is 23.6. The molecule has 1 heteroatoms. The Kier molecular flexibility index (Phi) is 9.32. The molecule has 0 radical (unpaired) electrons. The Bertz CT molecular complexity index is 894. The quantitative estimate of drug-likeness (QED) is 0.332. The van der Waals surface area contributed by atoms with Gasteiger partial charge in [-0.15, -0.1) is 0 Å². The van der Waals surface area contributed by atoms with Gasteiger partial charge in [0.1, 0.15) is 0 Å². The fraction of sp³-hybridized carbons (Fsp3) is 0.636. The summed E-state index contributed by atoms with van der Waals surface area (Å²) in [5.41, 5.74) is 9.81. The lowest BCUT2D eigenvalue weighted by Gasteiger charge is -2.40. The third-order valence-electron chi connectivity index (χ3n) is 8.47. The van der Waals surface area contributed by atoms with Crippen molar-refractivity contribution >= 4 is 13.2 Å². The predicted octanol–water partition coefficient (Wildman–Crippen LogP) is 10.3. The molecular weight excluding hydrogens is 427 g/mol. The first-order chi connectivity index (χ1) is 16.5. The number of hydrogen-bond acceptors (Lipinski definition) is 0. The van der Waals surface area contributed by atoms with E-state index in [1.54, 1.807) is 27.6 Å². The molecule has 0 bridgehead atoms. The normalized spacial score (nSPS) is 18.4. The smallest absolute Gasteiger partial charge is 0.0101 e. The zero-order chi connectivity index (χ0) is 24.1. The van der Waals surface area contributed by atoms with E-state index in [2.05, 4.69) is 71.0 Å². The van der Waals surface area contributed by atoms with Gasteiger partial charge in [0, 0.05) is 0 Å². The van der Waals surface area contributed by atoms with Gasteiger partial charge in [-0.2, -0.15) is 0 Å². The summed E-state index contributed by atoms with van der Waals surface area (Å²) >= 11 is 0. The Labute approximate surface area is 212 Å². The van der Waals surface area contributed by atoms with Crippen LogP contribution in [0.4, 0.5) is 0 Å². The first kappa shape index (κ1) is 25.9. The molecule has 4 rings (SSSR count). The van der Waals surface area contributed by atoms with E-state index in [0.29, 0.717) is 11.8 Å². The molecule has 0 saturated heterocycles. The van der Waals surface area contributed by atoms with Crippen molar-refractivity contribution in [2.75, 3.05) is 0 Å². The molecule has 34 heavy (non-hydrogen) atoms. The summed E-state index contributed by atoms with van der Waals surface area (Å²) in [5.74, 6) is 1.13. The zero-order valence-electron chi connectivity index (χ0n) is 22.7. The largest absolute Gasteiger partial charge is 0.0683 e. The van der Waals surface area contributed by atoms with E-state index in [0.717, 1.165) is 11.3 Å². The highest BCUT2D eigenvalue weighted by molar-refractivity contribution is 7.67. The van der Waals surface area contributed by atoms with Crippen molar-refractivity contribution in [2.45, 2.75) is 135 Å². The molecule has 0 aliphatic heterocycles. The van der Waals surface area contributed by atoms with Gasteiger partial charge in [-0.1, -0.05) is 124 Å². The Balaban J connectivity index is 1.89. The molecule has 0 unspecified atom stereocenters. The van der Waals surface area contributed by atoms with Gasteiger partial charge >= 0.3 is 0 Å². The molecule has 2 fully saturated rings. The van der Waals surface area contributed by atoms with Gasteiger partial charge in [-0.3, -0.25) is 0 Å². The van der Waals surface area contributed by atoms with Crippen LogP contribution < -0.4 is 5.30 Å². The van der Waals surface area contributed by atoms with Crippen LogP contribution in [0.15, 0.2) is 36.4 Å². The maximum atomic E-state index is 2.57. The van der Waals surface area contributed by atoms with E-state index < -0.39 is 0 Å². The minimum Gasteiger partial charge on any atom is -0.0683 e. The third kappa shape index (κ3) is 5.81. The number of benzene rings is 2. The van der Waals surface area contributed by atoms with E-state index in [4.69, 9.17) is 0 Å². The molecule has 2 saturated carbocycles. The lowest BCUT2D eigenvalue weighted by Crippen LogP contribution is -2.27. The second-order valence-corrected chi connectivity index (χ2v) is 14.5. The van der Waals surface area contributed by atoms with Crippen molar-refractivity contribution < 1.29 is 0 Å². The van der Waals surface area contributed by atoms with Gasteiger partial charge < -0.3 is 0 Å². The molecule has 186 valence electrons. The Morgan fingerprint density at radius 3 is 1.88 bits per heavy atom. The van der Waals surface area contributed by atoms with Crippen LogP contribution in [0.25, 0.3) is 11.1 Å². The standard InChI is InChI=1S/C33H49P/c1-6-15-26-22-27(24(2)3)23-31(25(4)5)33(26)30-20-13-14-21-32(30)34(28-16-9-7-10-17-28)29-18-11-8-12-19-29/h13-14,20-25,28-29H,6-12,15-19H2,1-5H3. The van der Waals surface area contributed by atoms with Gasteiger partial charge in [-0.25, -0.2) is 0 Å². The van der Waals surface area contributed by atoms with Gasteiger partial charge in [0.2, 0.25) is 0 Å². The summed E-state index contributed by atoms with van der Waals surface area (Å²) in [6, 6.07) is 14.9. The van der Waals surface area contributed by atoms with E-state index in [1.807, 2.05) is 0 Å². The van der Waals surface area contributed by atoms with Crippen molar-refractivity contribution in [3.63, 3.8) is 0 Å². The average Bonchev–Trinajstić information content (AvgIpc) is 2.85. The highest BCUT2D eigenvalue weighted by Crippen LogP contribution is 2.56. The van der Waals surface area contributed by atoms with Crippen LogP contribution in [0, 0.1) is 0 Å². The molecule has 2 aromatic rings. The highest BCUT2D eigenvalue weighted by atomic mass is 31.1. The van der Waals surface area contributed by atoms with Crippen molar-refractivity contribution in [1.29, 1.82) is 0 Å². The molecule has 0 amide bonds. The third-order valence-corrected chi connectivity index (χ3v) is 12.0. The summed E-state index contributed by atoms with van der Waals surface area (Å²) in [6.45, 7) is 11.9. The number of rotatable bonds is 8. The lowest BCUT2D eigenvalue weighted by atomic mass is 9.84.